The molecule has 0 unspecified atom stereocenters. The molecule has 17 heavy (non-hydrogen) atoms. The maximum absolute atomic E-state index is 11.4. The minimum Gasteiger partial charge on any atom is -0.464 e. The number of hydrogen-bond donors (Lipinski definition) is 0. The normalized spacial score (nSPS) is 10.9. The van der Waals surface area contributed by atoms with E-state index in [1.807, 2.05) is 6.92 Å². The first-order valence-corrected chi connectivity index (χ1v) is 6.70. The molecule has 0 amide bonds. The summed E-state index contributed by atoms with van der Waals surface area (Å²) < 4.78 is 4.69. The lowest BCUT2D eigenvalue weighted by Crippen LogP contribution is -2.25. The van der Waals surface area contributed by atoms with Gasteiger partial charge in [-0.05, 0) is 20.0 Å². The summed E-state index contributed by atoms with van der Waals surface area (Å²) in [5.41, 5.74) is 0.465. The van der Waals surface area contributed by atoms with E-state index < -0.39 is 0 Å². The van der Waals surface area contributed by atoms with Crippen LogP contribution in [-0.2, 0) is 11.2 Å². The summed E-state index contributed by atoms with van der Waals surface area (Å²) in [5.74, 6) is -0.340. The molecule has 5 heteroatoms. The van der Waals surface area contributed by atoms with Crippen molar-refractivity contribution in [1.82, 2.24) is 9.88 Å². The average molecular weight is 256 g/mol. The second kappa shape index (κ2) is 6.71. The highest BCUT2D eigenvalue weighted by Gasteiger charge is 2.15. The fourth-order valence-corrected chi connectivity index (χ4v) is 2.55. The molecule has 0 aliphatic carbocycles. The van der Waals surface area contributed by atoms with Crippen LogP contribution in [0.4, 0.5) is 0 Å². The SMILES string of the molecule is CCN(CC)CCc1nc(C(=O)OC)c(C)s1. The largest absolute Gasteiger partial charge is 0.464 e. The van der Waals surface area contributed by atoms with Gasteiger partial charge in [-0.15, -0.1) is 11.3 Å². The van der Waals surface area contributed by atoms with E-state index in [9.17, 15) is 4.79 Å². The van der Waals surface area contributed by atoms with Gasteiger partial charge in [0, 0.05) is 17.8 Å². The molecule has 0 saturated carbocycles. The van der Waals surface area contributed by atoms with Gasteiger partial charge in [-0.2, -0.15) is 0 Å². The molecule has 0 radical (unpaired) electrons. The van der Waals surface area contributed by atoms with Crippen molar-refractivity contribution in [2.75, 3.05) is 26.7 Å². The molecule has 4 nitrogen and oxygen atoms in total. The highest BCUT2D eigenvalue weighted by atomic mass is 32.1. The van der Waals surface area contributed by atoms with Crippen LogP contribution in [0.5, 0.6) is 0 Å². The standard InChI is InChI=1S/C12H20N2O2S/c1-5-14(6-2)8-7-10-13-11(9(3)17-10)12(15)16-4/h5-8H2,1-4H3. The first kappa shape index (κ1) is 14.1. The number of aryl methyl sites for hydroxylation is 1. The third-order valence-corrected chi connectivity index (χ3v) is 3.79. The second-order valence-corrected chi connectivity index (χ2v) is 5.07. The maximum atomic E-state index is 11.4. The molecular weight excluding hydrogens is 236 g/mol. The molecule has 0 spiro atoms. The molecule has 1 heterocycles. The second-order valence-electron chi connectivity index (χ2n) is 3.78. The van der Waals surface area contributed by atoms with Crippen molar-refractivity contribution in [1.29, 1.82) is 0 Å². The van der Waals surface area contributed by atoms with Gasteiger partial charge in [0.25, 0.3) is 0 Å². The Morgan fingerprint density at radius 1 is 1.41 bits per heavy atom. The molecule has 1 rings (SSSR count). The summed E-state index contributed by atoms with van der Waals surface area (Å²) in [4.78, 5) is 19.0. The number of carbonyl (C=O) groups is 1. The van der Waals surface area contributed by atoms with Crippen molar-refractivity contribution in [2.45, 2.75) is 27.2 Å². The van der Waals surface area contributed by atoms with Gasteiger partial charge in [0.05, 0.1) is 12.1 Å². The van der Waals surface area contributed by atoms with Crippen LogP contribution in [0.1, 0.15) is 34.2 Å². The molecule has 1 aromatic rings. The van der Waals surface area contributed by atoms with E-state index >= 15 is 0 Å². The first-order valence-electron chi connectivity index (χ1n) is 5.89. The number of ether oxygens (including phenoxy) is 1. The molecule has 0 bridgehead atoms. The van der Waals surface area contributed by atoms with Crippen molar-refractivity contribution in [3.63, 3.8) is 0 Å². The van der Waals surface area contributed by atoms with E-state index in [1.54, 1.807) is 11.3 Å². The molecular formula is C12H20N2O2S. The van der Waals surface area contributed by atoms with Gasteiger partial charge >= 0.3 is 5.97 Å². The van der Waals surface area contributed by atoms with Crippen LogP contribution in [0.2, 0.25) is 0 Å². The fourth-order valence-electron chi connectivity index (χ4n) is 1.64. The summed E-state index contributed by atoms with van der Waals surface area (Å²) in [6, 6.07) is 0. The third-order valence-electron chi connectivity index (χ3n) is 2.76. The number of methoxy groups -OCH3 is 1. The number of aromatic nitrogens is 1. The van der Waals surface area contributed by atoms with Crippen LogP contribution in [-0.4, -0.2) is 42.6 Å². The summed E-state index contributed by atoms with van der Waals surface area (Å²) >= 11 is 1.58. The Bertz CT molecular complexity index is 373. The number of hydrogen-bond acceptors (Lipinski definition) is 5. The van der Waals surface area contributed by atoms with Gasteiger partial charge < -0.3 is 9.64 Å². The lowest BCUT2D eigenvalue weighted by atomic mass is 10.3. The monoisotopic (exact) mass is 256 g/mol. The van der Waals surface area contributed by atoms with Crippen LogP contribution >= 0.6 is 11.3 Å². The molecule has 96 valence electrons. The number of rotatable bonds is 6. The van der Waals surface area contributed by atoms with Gasteiger partial charge in [0.15, 0.2) is 5.69 Å². The smallest absolute Gasteiger partial charge is 0.357 e. The lowest BCUT2D eigenvalue weighted by molar-refractivity contribution is 0.0594. The fraction of sp³-hybridized carbons (Fsp3) is 0.667. The van der Waals surface area contributed by atoms with E-state index in [0.29, 0.717) is 5.69 Å². The van der Waals surface area contributed by atoms with E-state index in [1.165, 1.54) is 7.11 Å². The van der Waals surface area contributed by atoms with Gasteiger partial charge in [-0.1, -0.05) is 13.8 Å². The van der Waals surface area contributed by atoms with Crippen molar-refractivity contribution < 1.29 is 9.53 Å². The number of carbonyl (C=O) groups excluding carboxylic acids is 1. The summed E-state index contributed by atoms with van der Waals surface area (Å²) in [7, 11) is 1.39. The Labute approximate surface area is 107 Å². The number of thiazole rings is 1. The molecule has 0 atom stereocenters. The van der Waals surface area contributed by atoms with Crippen LogP contribution < -0.4 is 0 Å². The van der Waals surface area contributed by atoms with Crippen LogP contribution in [0, 0.1) is 6.92 Å². The third kappa shape index (κ3) is 3.78. The van der Waals surface area contributed by atoms with Gasteiger partial charge in [-0.3, -0.25) is 0 Å². The van der Waals surface area contributed by atoms with E-state index in [4.69, 9.17) is 4.74 Å². The molecule has 0 N–H and O–H groups in total. The van der Waals surface area contributed by atoms with E-state index in [0.717, 1.165) is 35.9 Å². The molecule has 0 aliphatic heterocycles. The predicted molar refractivity (Wildman–Crippen MR) is 69.7 cm³/mol. The zero-order chi connectivity index (χ0) is 12.8. The molecule has 0 aromatic carbocycles. The molecule has 0 fully saturated rings. The minimum atomic E-state index is -0.340. The van der Waals surface area contributed by atoms with Crippen molar-refractivity contribution in [3.8, 4) is 0 Å². The van der Waals surface area contributed by atoms with Crippen LogP contribution in [0.25, 0.3) is 0 Å². The topological polar surface area (TPSA) is 42.4 Å². The molecule has 1 aromatic heterocycles. The maximum Gasteiger partial charge on any atom is 0.357 e. The van der Waals surface area contributed by atoms with Crippen LogP contribution in [0.3, 0.4) is 0 Å². The zero-order valence-electron chi connectivity index (χ0n) is 10.9. The highest BCUT2D eigenvalue weighted by molar-refractivity contribution is 7.11. The number of likely N-dealkylation sites (N-methyl/N-ethyl adjacent to an activating group) is 1. The Balaban J connectivity index is 2.64. The minimum absolute atomic E-state index is 0.340. The van der Waals surface area contributed by atoms with Crippen molar-refractivity contribution in [3.05, 3.63) is 15.6 Å². The summed E-state index contributed by atoms with van der Waals surface area (Å²) in [5, 5.41) is 1.01. The Hall–Kier alpha value is -0.940. The van der Waals surface area contributed by atoms with Crippen molar-refractivity contribution >= 4 is 17.3 Å². The van der Waals surface area contributed by atoms with Crippen molar-refractivity contribution in [2.24, 2.45) is 0 Å². The summed E-state index contributed by atoms with van der Waals surface area (Å²) in [6.07, 6.45) is 0.893. The Morgan fingerprint density at radius 3 is 2.59 bits per heavy atom. The highest BCUT2D eigenvalue weighted by Crippen LogP contribution is 2.18. The van der Waals surface area contributed by atoms with Gasteiger partial charge in [0.1, 0.15) is 0 Å². The van der Waals surface area contributed by atoms with E-state index in [-0.39, 0.29) is 5.97 Å². The predicted octanol–water partition coefficient (Wildman–Crippen LogP) is 2.12. The number of esters is 1. The molecule has 0 aliphatic rings. The zero-order valence-corrected chi connectivity index (χ0v) is 11.8. The van der Waals surface area contributed by atoms with Crippen LogP contribution in [0.15, 0.2) is 0 Å². The average Bonchev–Trinajstić information content (AvgIpc) is 2.71. The summed E-state index contributed by atoms with van der Waals surface area (Å²) in [6.45, 7) is 9.29. The number of nitrogens with zero attached hydrogens (tertiary/aromatic N) is 2. The Kier molecular flexibility index (Phi) is 5.58. The quantitative estimate of drug-likeness (QED) is 0.731. The van der Waals surface area contributed by atoms with E-state index in [2.05, 4.69) is 23.7 Å². The van der Waals surface area contributed by atoms with Gasteiger partial charge in [0.2, 0.25) is 0 Å². The Morgan fingerprint density at radius 2 is 2.06 bits per heavy atom. The molecule has 0 saturated heterocycles. The first-order chi connectivity index (χ1) is 8.12. The van der Waals surface area contributed by atoms with Gasteiger partial charge in [-0.25, -0.2) is 9.78 Å². The lowest BCUT2D eigenvalue weighted by Gasteiger charge is -2.16.